The van der Waals surface area contributed by atoms with Gasteiger partial charge < -0.3 is 11.1 Å². The largest absolute Gasteiger partial charge is 0.389 e. The molecule has 0 unspecified atom stereocenters. The molecule has 1 aromatic rings. The third-order valence-electron chi connectivity index (χ3n) is 4.22. The summed E-state index contributed by atoms with van der Waals surface area (Å²) < 4.78 is 0. The Morgan fingerprint density at radius 2 is 2.00 bits per heavy atom. The van der Waals surface area contributed by atoms with E-state index in [4.69, 9.17) is 18.0 Å². The molecule has 0 aliphatic heterocycles. The number of anilines is 1. The standard InChI is InChI=1S/C16H24N2S/c1-11-3-5-13(6-4-11)10-18-14-7-8-15(16(17)19)12(2)9-14/h7-9,11,13,18H,3-6,10H2,1-2H3,(H2,17,19). The molecule has 2 rings (SSSR count). The van der Waals surface area contributed by atoms with Crippen molar-refractivity contribution in [3.8, 4) is 0 Å². The van der Waals surface area contributed by atoms with E-state index < -0.39 is 0 Å². The zero-order valence-corrected chi connectivity index (χ0v) is 12.7. The van der Waals surface area contributed by atoms with Crippen LogP contribution < -0.4 is 11.1 Å². The Morgan fingerprint density at radius 3 is 2.58 bits per heavy atom. The lowest BCUT2D eigenvalue weighted by Gasteiger charge is -2.26. The first-order valence-corrected chi connectivity index (χ1v) is 7.61. The monoisotopic (exact) mass is 276 g/mol. The molecule has 1 aliphatic carbocycles. The van der Waals surface area contributed by atoms with E-state index in [9.17, 15) is 0 Å². The summed E-state index contributed by atoms with van der Waals surface area (Å²) in [6.45, 7) is 5.50. The lowest BCUT2D eigenvalue weighted by Crippen LogP contribution is -2.20. The SMILES string of the molecule is Cc1cc(NCC2CCC(C)CC2)ccc1C(N)=S. The number of hydrogen-bond donors (Lipinski definition) is 2. The minimum absolute atomic E-state index is 0.477. The topological polar surface area (TPSA) is 38.0 Å². The molecule has 1 aliphatic rings. The van der Waals surface area contributed by atoms with Gasteiger partial charge in [-0.3, -0.25) is 0 Å². The zero-order chi connectivity index (χ0) is 13.8. The summed E-state index contributed by atoms with van der Waals surface area (Å²) in [5.41, 5.74) is 8.98. The number of nitrogens with two attached hydrogens (primary N) is 1. The molecule has 0 aromatic heterocycles. The van der Waals surface area contributed by atoms with Crippen molar-refractivity contribution in [2.75, 3.05) is 11.9 Å². The average molecular weight is 276 g/mol. The highest BCUT2D eigenvalue weighted by atomic mass is 32.1. The fraction of sp³-hybridized carbons (Fsp3) is 0.562. The molecule has 3 heteroatoms. The van der Waals surface area contributed by atoms with Crippen LogP contribution in [0.15, 0.2) is 18.2 Å². The lowest BCUT2D eigenvalue weighted by atomic mass is 9.83. The molecule has 0 radical (unpaired) electrons. The van der Waals surface area contributed by atoms with Gasteiger partial charge in [0.05, 0.1) is 0 Å². The van der Waals surface area contributed by atoms with E-state index in [1.165, 1.54) is 31.4 Å². The van der Waals surface area contributed by atoms with Crippen molar-refractivity contribution in [2.24, 2.45) is 17.6 Å². The van der Waals surface area contributed by atoms with Gasteiger partial charge in [0.1, 0.15) is 4.99 Å². The zero-order valence-electron chi connectivity index (χ0n) is 11.9. The summed E-state index contributed by atoms with van der Waals surface area (Å²) in [4.78, 5) is 0.477. The Morgan fingerprint density at radius 1 is 1.32 bits per heavy atom. The predicted molar refractivity (Wildman–Crippen MR) is 86.7 cm³/mol. The average Bonchev–Trinajstić information content (AvgIpc) is 2.37. The summed E-state index contributed by atoms with van der Waals surface area (Å²) in [5.74, 6) is 1.75. The van der Waals surface area contributed by atoms with Crippen LogP contribution in [0.5, 0.6) is 0 Å². The number of nitrogens with one attached hydrogen (secondary N) is 1. The van der Waals surface area contributed by atoms with Crippen LogP contribution in [-0.4, -0.2) is 11.5 Å². The molecular formula is C16H24N2S. The van der Waals surface area contributed by atoms with Gasteiger partial charge in [0.25, 0.3) is 0 Å². The molecule has 3 N–H and O–H groups in total. The summed E-state index contributed by atoms with van der Waals surface area (Å²) in [6.07, 6.45) is 5.48. The molecule has 0 spiro atoms. The Kier molecular flexibility index (Phi) is 4.81. The number of benzene rings is 1. The molecule has 1 saturated carbocycles. The van der Waals surface area contributed by atoms with Gasteiger partial charge in [-0.05, 0) is 55.4 Å². The molecule has 19 heavy (non-hydrogen) atoms. The van der Waals surface area contributed by atoms with Crippen molar-refractivity contribution in [3.05, 3.63) is 29.3 Å². The van der Waals surface area contributed by atoms with Crippen LogP contribution in [0.25, 0.3) is 0 Å². The quantitative estimate of drug-likeness (QED) is 0.820. The Balaban J connectivity index is 1.89. The molecular weight excluding hydrogens is 252 g/mol. The first-order valence-electron chi connectivity index (χ1n) is 7.20. The first-order chi connectivity index (χ1) is 9.06. The summed E-state index contributed by atoms with van der Waals surface area (Å²) in [6, 6.07) is 6.23. The number of rotatable bonds is 4. The van der Waals surface area contributed by atoms with Crippen molar-refractivity contribution in [3.63, 3.8) is 0 Å². The molecule has 0 atom stereocenters. The van der Waals surface area contributed by atoms with Gasteiger partial charge in [-0.25, -0.2) is 0 Å². The first kappa shape index (κ1) is 14.3. The van der Waals surface area contributed by atoms with E-state index in [1.807, 2.05) is 6.07 Å². The molecule has 0 heterocycles. The van der Waals surface area contributed by atoms with Gasteiger partial charge >= 0.3 is 0 Å². The minimum Gasteiger partial charge on any atom is -0.389 e. The summed E-state index contributed by atoms with van der Waals surface area (Å²) in [5, 5.41) is 3.55. The number of thiocarbonyl (C=S) groups is 1. The highest BCUT2D eigenvalue weighted by Crippen LogP contribution is 2.28. The lowest BCUT2D eigenvalue weighted by molar-refractivity contribution is 0.300. The van der Waals surface area contributed by atoms with Crippen molar-refractivity contribution < 1.29 is 0 Å². The second kappa shape index (κ2) is 6.38. The second-order valence-electron chi connectivity index (χ2n) is 5.90. The molecule has 1 aromatic carbocycles. The third kappa shape index (κ3) is 3.93. The smallest absolute Gasteiger partial charge is 0.104 e. The minimum atomic E-state index is 0.477. The van der Waals surface area contributed by atoms with E-state index in [1.54, 1.807) is 0 Å². The molecule has 0 bridgehead atoms. The van der Waals surface area contributed by atoms with Crippen molar-refractivity contribution in [1.29, 1.82) is 0 Å². The number of hydrogen-bond acceptors (Lipinski definition) is 2. The van der Waals surface area contributed by atoms with E-state index in [2.05, 4.69) is 31.3 Å². The van der Waals surface area contributed by atoms with Gasteiger partial charge in [-0.1, -0.05) is 32.0 Å². The van der Waals surface area contributed by atoms with E-state index in [0.29, 0.717) is 4.99 Å². The van der Waals surface area contributed by atoms with Gasteiger partial charge in [0.2, 0.25) is 0 Å². The van der Waals surface area contributed by atoms with Crippen molar-refractivity contribution in [1.82, 2.24) is 0 Å². The summed E-state index contributed by atoms with van der Waals surface area (Å²) >= 11 is 5.03. The van der Waals surface area contributed by atoms with Crippen LogP contribution in [0.4, 0.5) is 5.69 Å². The van der Waals surface area contributed by atoms with Crippen LogP contribution in [0.2, 0.25) is 0 Å². The molecule has 104 valence electrons. The molecule has 1 fully saturated rings. The highest BCUT2D eigenvalue weighted by molar-refractivity contribution is 7.80. The second-order valence-corrected chi connectivity index (χ2v) is 6.34. The summed E-state index contributed by atoms with van der Waals surface area (Å²) in [7, 11) is 0. The van der Waals surface area contributed by atoms with Crippen LogP contribution in [0.1, 0.15) is 43.7 Å². The van der Waals surface area contributed by atoms with Gasteiger partial charge in [0, 0.05) is 17.8 Å². The van der Waals surface area contributed by atoms with Crippen LogP contribution >= 0.6 is 12.2 Å². The van der Waals surface area contributed by atoms with E-state index in [-0.39, 0.29) is 0 Å². The van der Waals surface area contributed by atoms with E-state index in [0.717, 1.165) is 29.5 Å². The maximum atomic E-state index is 5.68. The Labute approximate surface area is 121 Å². The molecule has 2 nitrogen and oxygen atoms in total. The van der Waals surface area contributed by atoms with Crippen molar-refractivity contribution >= 4 is 22.9 Å². The van der Waals surface area contributed by atoms with E-state index >= 15 is 0 Å². The van der Waals surface area contributed by atoms with Crippen LogP contribution in [0.3, 0.4) is 0 Å². The maximum absolute atomic E-state index is 5.68. The Bertz CT molecular complexity index is 448. The predicted octanol–water partition coefficient (Wildman–Crippen LogP) is 3.87. The van der Waals surface area contributed by atoms with Crippen LogP contribution in [-0.2, 0) is 0 Å². The van der Waals surface area contributed by atoms with Gasteiger partial charge in [-0.15, -0.1) is 0 Å². The molecule has 0 saturated heterocycles. The van der Waals surface area contributed by atoms with Crippen LogP contribution in [0, 0.1) is 18.8 Å². The fourth-order valence-electron chi connectivity index (χ4n) is 2.85. The Hall–Kier alpha value is -1.09. The molecule has 0 amide bonds. The van der Waals surface area contributed by atoms with Crippen molar-refractivity contribution in [2.45, 2.75) is 39.5 Å². The van der Waals surface area contributed by atoms with Gasteiger partial charge in [0.15, 0.2) is 0 Å². The third-order valence-corrected chi connectivity index (χ3v) is 4.44. The van der Waals surface area contributed by atoms with Gasteiger partial charge in [-0.2, -0.15) is 0 Å². The normalized spacial score (nSPS) is 23.1. The fourth-order valence-corrected chi connectivity index (χ4v) is 3.07. The highest BCUT2D eigenvalue weighted by Gasteiger charge is 2.17. The number of aryl methyl sites for hydroxylation is 1. The maximum Gasteiger partial charge on any atom is 0.104 e.